The molecule has 0 aliphatic rings. The fraction of sp³-hybridized carbons (Fsp3) is 0.333. The van der Waals surface area contributed by atoms with E-state index in [2.05, 4.69) is 10.3 Å². The molecule has 2 rings (SSSR count). The van der Waals surface area contributed by atoms with Gasteiger partial charge in [-0.1, -0.05) is 6.07 Å². The van der Waals surface area contributed by atoms with E-state index in [4.69, 9.17) is 14.2 Å². The molecule has 0 spiro atoms. The van der Waals surface area contributed by atoms with E-state index in [1.807, 2.05) is 18.2 Å². The molecule has 24 heavy (non-hydrogen) atoms. The zero-order chi connectivity index (χ0) is 17.4. The van der Waals surface area contributed by atoms with Crippen molar-refractivity contribution >= 4 is 5.91 Å². The number of aryl methyl sites for hydroxylation is 1. The smallest absolute Gasteiger partial charge is 0.220 e. The molecule has 0 bridgehead atoms. The van der Waals surface area contributed by atoms with Gasteiger partial charge in [0.05, 0.1) is 21.3 Å². The molecule has 6 heteroatoms. The topological polar surface area (TPSA) is 69.7 Å². The van der Waals surface area contributed by atoms with Crippen LogP contribution in [0.15, 0.2) is 36.5 Å². The number of benzene rings is 1. The van der Waals surface area contributed by atoms with Crippen LogP contribution in [0.2, 0.25) is 0 Å². The molecule has 128 valence electrons. The Bertz CT molecular complexity index is 649. The summed E-state index contributed by atoms with van der Waals surface area (Å²) >= 11 is 0. The summed E-state index contributed by atoms with van der Waals surface area (Å²) in [4.78, 5) is 16.1. The molecule has 1 heterocycles. The van der Waals surface area contributed by atoms with Crippen LogP contribution in [0.3, 0.4) is 0 Å². The molecule has 0 aliphatic heterocycles. The van der Waals surface area contributed by atoms with Gasteiger partial charge in [-0.25, -0.2) is 4.98 Å². The van der Waals surface area contributed by atoms with Crippen molar-refractivity contribution in [1.82, 2.24) is 10.3 Å². The second kappa shape index (κ2) is 8.76. The van der Waals surface area contributed by atoms with E-state index in [0.717, 1.165) is 11.1 Å². The van der Waals surface area contributed by atoms with Crippen LogP contribution in [0.5, 0.6) is 17.4 Å². The van der Waals surface area contributed by atoms with E-state index in [1.54, 1.807) is 39.7 Å². The van der Waals surface area contributed by atoms with E-state index in [1.165, 1.54) is 0 Å². The number of aromatic nitrogens is 1. The van der Waals surface area contributed by atoms with Crippen LogP contribution in [0.4, 0.5) is 0 Å². The summed E-state index contributed by atoms with van der Waals surface area (Å²) in [6.45, 7) is 0.442. The predicted molar refractivity (Wildman–Crippen MR) is 90.5 cm³/mol. The third kappa shape index (κ3) is 5.15. The van der Waals surface area contributed by atoms with Gasteiger partial charge in [-0.3, -0.25) is 4.79 Å². The number of rotatable bonds is 8. The van der Waals surface area contributed by atoms with Gasteiger partial charge in [0, 0.05) is 31.3 Å². The Balaban J connectivity index is 1.84. The Kier molecular flexibility index (Phi) is 6.42. The van der Waals surface area contributed by atoms with Gasteiger partial charge in [-0.05, 0) is 29.7 Å². The van der Waals surface area contributed by atoms with Crippen molar-refractivity contribution < 1.29 is 19.0 Å². The number of nitrogens with zero attached hydrogens (tertiary/aromatic N) is 1. The second-order valence-electron chi connectivity index (χ2n) is 5.21. The van der Waals surface area contributed by atoms with Crippen LogP contribution in [-0.4, -0.2) is 32.2 Å². The Morgan fingerprint density at radius 3 is 2.25 bits per heavy atom. The Morgan fingerprint density at radius 1 is 1.00 bits per heavy atom. The highest BCUT2D eigenvalue weighted by molar-refractivity contribution is 5.76. The third-order valence-electron chi connectivity index (χ3n) is 3.55. The lowest BCUT2D eigenvalue weighted by Crippen LogP contribution is -2.23. The van der Waals surface area contributed by atoms with Crippen LogP contribution in [0.25, 0.3) is 0 Å². The van der Waals surface area contributed by atoms with Gasteiger partial charge in [0.2, 0.25) is 11.8 Å². The molecule has 6 nitrogen and oxygen atoms in total. The summed E-state index contributed by atoms with van der Waals surface area (Å²) < 4.78 is 15.5. The normalized spacial score (nSPS) is 10.1. The SMILES string of the molecule is COc1cc(CCC(=O)NCc2ccc(OC)nc2)cc(OC)c1. The van der Waals surface area contributed by atoms with Gasteiger partial charge in [-0.2, -0.15) is 0 Å². The van der Waals surface area contributed by atoms with E-state index in [9.17, 15) is 4.79 Å². The minimum atomic E-state index is -0.0207. The molecule has 0 unspecified atom stereocenters. The van der Waals surface area contributed by atoms with Crippen molar-refractivity contribution in [2.75, 3.05) is 21.3 Å². The lowest BCUT2D eigenvalue weighted by Gasteiger charge is -2.09. The van der Waals surface area contributed by atoms with E-state index in [-0.39, 0.29) is 5.91 Å². The molecular formula is C18H22N2O4. The number of carbonyl (C=O) groups excluding carboxylic acids is 1. The van der Waals surface area contributed by atoms with Crippen LogP contribution in [-0.2, 0) is 17.8 Å². The van der Waals surface area contributed by atoms with Gasteiger partial charge >= 0.3 is 0 Å². The van der Waals surface area contributed by atoms with Crippen molar-refractivity contribution in [2.24, 2.45) is 0 Å². The summed E-state index contributed by atoms with van der Waals surface area (Å²) in [5.74, 6) is 1.97. The Morgan fingerprint density at radius 2 is 1.71 bits per heavy atom. The quantitative estimate of drug-likeness (QED) is 0.804. The van der Waals surface area contributed by atoms with Crippen LogP contribution >= 0.6 is 0 Å². The largest absolute Gasteiger partial charge is 0.497 e. The molecule has 0 fully saturated rings. The highest BCUT2D eigenvalue weighted by atomic mass is 16.5. The lowest BCUT2D eigenvalue weighted by molar-refractivity contribution is -0.121. The van der Waals surface area contributed by atoms with Crippen LogP contribution < -0.4 is 19.5 Å². The Hall–Kier alpha value is -2.76. The zero-order valence-corrected chi connectivity index (χ0v) is 14.2. The van der Waals surface area contributed by atoms with E-state index < -0.39 is 0 Å². The van der Waals surface area contributed by atoms with Gasteiger partial charge in [0.1, 0.15) is 11.5 Å². The van der Waals surface area contributed by atoms with Gasteiger partial charge in [0.15, 0.2) is 0 Å². The molecule has 1 N–H and O–H groups in total. The maximum absolute atomic E-state index is 12.0. The third-order valence-corrected chi connectivity index (χ3v) is 3.55. The van der Waals surface area contributed by atoms with Crippen LogP contribution in [0.1, 0.15) is 17.5 Å². The summed E-state index contributed by atoms with van der Waals surface area (Å²) in [6.07, 6.45) is 2.69. The first-order valence-corrected chi connectivity index (χ1v) is 7.62. The first kappa shape index (κ1) is 17.6. The fourth-order valence-electron chi connectivity index (χ4n) is 2.19. The first-order valence-electron chi connectivity index (χ1n) is 7.62. The molecule has 0 radical (unpaired) electrons. The molecule has 1 aromatic carbocycles. The number of methoxy groups -OCH3 is 3. The highest BCUT2D eigenvalue weighted by Crippen LogP contribution is 2.23. The summed E-state index contributed by atoms with van der Waals surface area (Å²) in [7, 11) is 4.78. The van der Waals surface area contributed by atoms with Crippen molar-refractivity contribution in [3.63, 3.8) is 0 Å². The summed E-state index contributed by atoms with van der Waals surface area (Å²) in [6, 6.07) is 9.26. The van der Waals surface area contributed by atoms with Crippen molar-refractivity contribution in [2.45, 2.75) is 19.4 Å². The maximum atomic E-state index is 12.0. The second-order valence-corrected chi connectivity index (χ2v) is 5.21. The molecule has 0 atom stereocenters. The van der Waals surface area contributed by atoms with Gasteiger partial charge in [-0.15, -0.1) is 0 Å². The maximum Gasteiger partial charge on any atom is 0.220 e. The van der Waals surface area contributed by atoms with Crippen molar-refractivity contribution in [1.29, 1.82) is 0 Å². The number of nitrogens with one attached hydrogen (secondary N) is 1. The molecule has 0 saturated carbocycles. The number of carbonyl (C=O) groups is 1. The van der Waals surface area contributed by atoms with Crippen LogP contribution in [0, 0.1) is 0 Å². The number of hydrogen-bond donors (Lipinski definition) is 1. The lowest BCUT2D eigenvalue weighted by atomic mass is 10.1. The standard InChI is InChI=1S/C18H22N2O4/c1-22-15-8-13(9-16(10-15)23-2)4-6-17(21)19-11-14-5-7-18(24-3)20-12-14/h5,7-10,12H,4,6,11H2,1-3H3,(H,19,21). The van der Waals surface area contributed by atoms with Gasteiger partial charge in [0.25, 0.3) is 0 Å². The van der Waals surface area contributed by atoms with Crippen molar-refractivity contribution in [3.8, 4) is 17.4 Å². The van der Waals surface area contributed by atoms with Crippen molar-refractivity contribution in [3.05, 3.63) is 47.7 Å². The molecule has 2 aromatic rings. The number of pyridine rings is 1. The van der Waals surface area contributed by atoms with E-state index >= 15 is 0 Å². The zero-order valence-electron chi connectivity index (χ0n) is 14.2. The van der Waals surface area contributed by atoms with Gasteiger partial charge < -0.3 is 19.5 Å². The summed E-state index contributed by atoms with van der Waals surface area (Å²) in [5.41, 5.74) is 1.92. The summed E-state index contributed by atoms with van der Waals surface area (Å²) in [5, 5.41) is 2.88. The predicted octanol–water partition coefficient (Wildman–Crippen LogP) is 2.36. The molecule has 1 aromatic heterocycles. The average molecular weight is 330 g/mol. The monoisotopic (exact) mass is 330 g/mol. The first-order chi connectivity index (χ1) is 11.6. The Labute approximate surface area is 141 Å². The molecule has 0 aliphatic carbocycles. The minimum absolute atomic E-state index is 0.0207. The molecular weight excluding hydrogens is 308 g/mol. The highest BCUT2D eigenvalue weighted by Gasteiger charge is 2.06. The number of ether oxygens (including phenoxy) is 3. The minimum Gasteiger partial charge on any atom is -0.497 e. The number of amides is 1. The average Bonchev–Trinajstić information content (AvgIpc) is 2.64. The van der Waals surface area contributed by atoms with E-state index in [0.29, 0.717) is 36.8 Å². The fourth-order valence-corrected chi connectivity index (χ4v) is 2.19. The molecule has 1 amide bonds. The number of hydrogen-bond acceptors (Lipinski definition) is 5. The molecule has 0 saturated heterocycles.